The van der Waals surface area contributed by atoms with Gasteiger partial charge in [-0.15, -0.1) is 0 Å². The second-order valence-corrected chi connectivity index (χ2v) is 9.43. The second-order valence-electron chi connectivity index (χ2n) is 8.99. The standard InChI is InChI=1S/C24H33ClN4O2/c1-3-28(24(31)22-15-19-14-20(25)4-5-21(19)26-22)16-23(30)29-12-8-18(9-13-29)17-6-10-27(2)11-7-17/h4-5,14-15,17-18,26H,3,6-13,16H2,1-2H3/i15D. The Labute approximate surface area is 190 Å². The SMILES string of the molecule is [2H]c1c(C(=O)N(CC)CC(=O)N2CCC(C3CCN(C)CC3)CC2)[nH]c2ccc(Cl)cc12. The van der Waals surface area contributed by atoms with E-state index >= 15 is 0 Å². The monoisotopic (exact) mass is 445 g/mol. The number of carbonyl (C=O) groups is 2. The third-order valence-electron chi connectivity index (χ3n) is 7.03. The summed E-state index contributed by atoms with van der Waals surface area (Å²) < 4.78 is 8.39. The molecule has 0 aliphatic carbocycles. The zero-order valence-electron chi connectivity index (χ0n) is 19.5. The van der Waals surface area contributed by atoms with Gasteiger partial charge in [0.05, 0.1) is 1.37 Å². The summed E-state index contributed by atoms with van der Waals surface area (Å²) in [6.07, 6.45) is 4.64. The number of aromatic amines is 1. The molecule has 2 aliphatic heterocycles. The highest BCUT2D eigenvalue weighted by molar-refractivity contribution is 6.31. The number of hydrogen-bond acceptors (Lipinski definition) is 3. The highest BCUT2D eigenvalue weighted by atomic mass is 35.5. The van der Waals surface area contributed by atoms with Crippen LogP contribution in [0.15, 0.2) is 24.2 Å². The summed E-state index contributed by atoms with van der Waals surface area (Å²) in [4.78, 5) is 35.0. The number of benzene rings is 1. The number of amides is 2. The predicted molar refractivity (Wildman–Crippen MR) is 124 cm³/mol. The summed E-state index contributed by atoms with van der Waals surface area (Å²) in [7, 11) is 2.19. The van der Waals surface area contributed by atoms with Crippen LogP contribution < -0.4 is 0 Å². The number of aromatic nitrogens is 1. The molecular weight excluding hydrogens is 412 g/mol. The average Bonchev–Trinajstić information content (AvgIpc) is 3.13. The Morgan fingerprint density at radius 2 is 1.81 bits per heavy atom. The fraction of sp³-hybridized carbons (Fsp3) is 0.583. The topological polar surface area (TPSA) is 59.7 Å². The number of likely N-dealkylation sites (N-methyl/N-ethyl adjacent to an activating group) is 1. The van der Waals surface area contributed by atoms with Crippen LogP contribution >= 0.6 is 11.6 Å². The van der Waals surface area contributed by atoms with Crippen molar-refractivity contribution >= 4 is 34.3 Å². The maximum Gasteiger partial charge on any atom is 0.270 e. The molecule has 2 aromatic rings. The Kier molecular flexibility index (Phi) is 6.46. The quantitative estimate of drug-likeness (QED) is 0.760. The summed E-state index contributed by atoms with van der Waals surface area (Å²) in [6, 6.07) is 5.30. The van der Waals surface area contributed by atoms with Crippen molar-refractivity contribution in [2.45, 2.75) is 32.6 Å². The van der Waals surface area contributed by atoms with Gasteiger partial charge < -0.3 is 19.7 Å². The van der Waals surface area contributed by atoms with Gasteiger partial charge in [-0.25, -0.2) is 0 Å². The van der Waals surface area contributed by atoms with E-state index in [0.29, 0.717) is 28.4 Å². The number of rotatable bonds is 5. The number of carbonyl (C=O) groups excluding carboxylic acids is 2. The Balaban J connectivity index is 1.36. The minimum Gasteiger partial charge on any atom is -0.351 e. The van der Waals surface area contributed by atoms with E-state index in [4.69, 9.17) is 13.0 Å². The third-order valence-corrected chi connectivity index (χ3v) is 7.27. The van der Waals surface area contributed by atoms with Crippen LogP contribution in [0.3, 0.4) is 0 Å². The van der Waals surface area contributed by atoms with E-state index in [1.54, 1.807) is 18.2 Å². The smallest absolute Gasteiger partial charge is 0.270 e. The lowest BCUT2D eigenvalue weighted by molar-refractivity contribution is -0.133. The second kappa shape index (κ2) is 9.61. The number of hydrogen-bond donors (Lipinski definition) is 1. The Hall–Kier alpha value is -2.05. The van der Waals surface area contributed by atoms with Gasteiger partial charge in [0, 0.05) is 35.6 Å². The summed E-state index contributed by atoms with van der Waals surface area (Å²) in [6.45, 7) is 6.22. The van der Waals surface area contributed by atoms with Crippen molar-refractivity contribution in [3.8, 4) is 0 Å². The molecule has 0 spiro atoms. The van der Waals surface area contributed by atoms with Gasteiger partial charge in [-0.1, -0.05) is 11.6 Å². The first-order valence-corrected chi connectivity index (χ1v) is 11.8. The predicted octanol–water partition coefficient (Wildman–Crippen LogP) is 3.86. The highest BCUT2D eigenvalue weighted by Gasteiger charge is 2.31. The van der Waals surface area contributed by atoms with Gasteiger partial charge in [-0.2, -0.15) is 0 Å². The van der Waals surface area contributed by atoms with Crippen molar-refractivity contribution < 1.29 is 11.0 Å². The molecule has 2 amide bonds. The van der Waals surface area contributed by atoms with E-state index < -0.39 is 0 Å². The number of halogens is 1. The van der Waals surface area contributed by atoms with Crippen LogP contribution in [0.25, 0.3) is 10.9 Å². The van der Waals surface area contributed by atoms with Crippen LogP contribution in [0.5, 0.6) is 0 Å². The maximum absolute atomic E-state index is 13.1. The van der Waals surface area contributed by atoms with Crippen molar-refractivity contribution in [2.24, 2.45) is 11.8 Å². The van der Waals surface area contributed by atoms with Crippen molar-refractivity contribution in [1.82, 2.24) is 19.7 Å². The van der Waals surface area contributed by atoms with Crippen LogP contribution in [-0.2, 0) is 4.79 Å². The average molecular weight is 446 g/mol. The van der Waals surface area contributed by atoms with Crippen LogP contribution in [0.2, 0.25) is 5.02 Å². The molecule has 3 heterocycles. The van der Waals surface area contributed by atoms with E-state index in [1.807, 2.05) is 11.8 Å². The largest absolute Gasteiger partial charge is 0.351 e. The van der Waals surface area contributed by atoms with E-state index in [2.05, 4.69) is 16.9 Å². The van der Waals surface area contributed by atoms with Crippen molar-refractivity contribution in [2.75, 3.05) is 46.3 Å². The first-order valence-electron chi connectivity index (χ1n) is 11.9. The van der Waals surface area contributed by atoms with Crippen LogP contribution in [-0.4, -0.2) is 77.8 Å². The molecule has 7 heteroatoms. The van der Waals surface area contributed by atoms with Gasteiger partial charge >= 0.3 is 0 Å². The first kappa shape index (κ1) is 20.8. The van der Waals surface area contributed by atoms with Gasteiger partial charge in [0.25, 0.3) is 5.91 Å². The zero-order chi connectivity index (χ0) is 22.8. The van der Waals surface area contributed by atoms with E-state index in [9.17, 15) is 9.59 Å². The molecule has 168 valence electrons. The number of likely N-dealkylation sites (tertiary alicyclic amines) is 2. The van der Waals surface area contributed by atoms with Gasteiger partial charge in [-0.05, 0) is 88.8 Å². The normalized spacial score (nSPS) is 19.6. The Morgan fingerprint density at radius 1 is 1.16 bits per heavy atom. The van der Waals surface area contributed by atoms with E-state index in [-0.39, 0.29) is 30.1 Å². The number of nitrogens with one attached hydrogen (secondary N) is 1. The molecule has 2 fully saturated rings. The molecule has 0 saturated carbocycles. The van der Waals surface area contributed by atoms with Crippen molar-refractivity contribution in [3.05, 3.63) is 35.0 Å². The van der Waals surface area contributed by atoms with Crippen molar-refractivity contribution in [1.29, 1.82) is 0 Å². The molecule has 4 rings (SSSR count). The number of H-pyrrole nitrogens is 1. The molecule has 0 bridgehead atoms. The number of fused-ring (bicyclic) bond motifs is 1. The first-order chi connectivity index (χ1) is 15.4. The number of nitrogens with zero attached hydrogens (tertiary/aromatic N) is 3. The summed E-state index contributed by atoms with van der Waals surface area (Å²) in [5, 5.41) is 1.13. The molecule has 0 radical (unpaired) electrons. The van der Waals surface area contributed by atoms with E-state index in [0.717, 1.165) is 31.8 Å². The molecule has 31 heavy (non-hydrogen) atoms. The fourth-order valence-corrected chi connectivity index (χ4v) is 5.18. The molecular formula is C24H33ClN4O2. The summed E-state index contributed by atoms with van der Waals surface area (Å²) in [5.41, 5.74) is 0.902. The zero-order valence-corrected chi connectivity index (χ0v) is 19.2. The lowest BCUT2D eigenvalue weighted by Crippen LogP contribution is -2.47. The molecule has 0 atom stereocenters. The van der Waals surface area contributed by atoms with Crippen LogP contribution in [0.1, 0.15) is 44.5 Å². The lowest BCUT2D eigenvalue weighted by Gasteiger charge is -2.39. The summed E-state index contributed by atoms with van der Waals surface area (Å²) >= 11 is 6.05. The van der Waals surface area contributed by atoms with Gasteiger partial charge in [0.1, 0.15) is 12.2 Å². The maximum atomic E-state index is 13.1. The highest BCUT2D eigenvalue weighted by Crippen LogP contribution is 2.32. The van der Waals surface area contributed by atoms with E-state index in [1.165, 1.54) is 30.8 Å². The minimum absolute atomic E-state index is 0.00675. The summed E-state index contributed by atoms with van der Waals surface area (Å²) in [5.74, 6) is 1.16. The minimum atomic E-state index is -0.320. The van der Waals surface area contributed by atoms with Gasteiger partial charge in [0.15, 0.2) is 0 Å². The third kappa shape index (κ3) is 5.07. The molecule has 6 nitrogen and oxygen atoms in total. The molecule has 1 aromatic heterocycles. The molecule has 2 aliphatic rings. The lowest BCUT2D eigenvalue weighted by atomic mass is 9.79. The van der Waals surface area contributed by atoms with Gasteiger partial charge in [0.2, 0.25) is 5.91 Å². The Morgan fingerprint density at radius 3 is 2.45 bits per heavy atom. The Bertz CT molecular complexity index is 978. The molecule has 0 unspecified atom stereocenters. The van der Waals surface area contributed by atoms with Crippen LogP contribution in [0, 0.1) is 11.8 Å². The molecule has 2 saturated heterocycles. The molecule has 1 aromatic carbocycles. The van der Waals surface area contributed by atoms with Crippen LogP contribution in [0.4, 0.5) is 0 Å². The number of piperidine rings is 2. The fourth-order valence-electron chi connectivity index (χ4n) is 5.01. The molecule has 1 N–H and O–H groups in total. The van der Waals surface area contributed by atoms with Gasteiger partial charge in [-0.3, -0.25) is 9.59 Å². The van der Waals surface area contributed by atoms with Crippen molar-refractivity contribution in [3.63, 3.8) is 0 Å².